The highest BCUT2D eigenvalue weighted by atomic mass is 35.5. The van der Waals surface area contributed by atoms with Gasteiger partial charge in [0.2, 0.25) is 5.95 Å². The molecule has 0 aliphatic carbocycles. The number of methoxy groups -OCH3 is 1. The van der Waals surface area contributed by atoms with E-state index in [0.29, 0.717) is 27.5 Å². The maximum Gasteiger partial charge on any atom is 0.226 e. The smallest absolute Gasteiger partial charge is 0.226 e. The number of hydrogen-bond donors (Lipinski definition) is 1. The molecule has 2 atom stereocenters. The molecule has 1 aromatic heterocycles. The largest absolute Gasteiger partial charge is 0.497 e. The number of benzene rings is 3. The van der Waals surface area contributed by atoms with Crippen LogP contribution >= 0.6 is 23.2 Å². The molecule has 9 heteroatoms. The van der Waals surface area contributed by atoms with E-state index in [1.54, 1.807) is 36.1 Å². The second-order valence-corrected chi connectivity index (χ2v) is 8.81. The summed E-state index contributed by atoms with van der Waals surface area (Å²) in [6.07, 6.45) is 0.912. The van der Waals surface area contributed by atoms with Crippen LogP contribution < -0.4 is 14.8 Å². The molecule has 1 N–H and O–H groups in total. The van der Waals surface area contributed by atoms with Crippen LogP contribution in [0.1, 0.15) is 28.8 Å². The third-order valence-corrected chi connectivity index (χ3v) is 6.61. The molecule has 3 heterocycles. The number of hydrogen-bond acceptors (Lipinski definition) is 5. The van der Waals surface area contributed by atoms with E-state index < -0.39 is 12.1 Å². The van der Waals surface area contributed by atoms with E-state index in [9.17, 15) is 4.39 Å². The molecule has 4 aromatic rings. The molecular formula is C25H17Cl2FN4O2. The molecular weight excluding hydrogens is 478 g/mol. The monoisotopic (exact) mass is 494 g/mol. The number of fused-ring (bicyclic) bond motifs is 3. The van der Waals surface area contributed by atoms with Crippen molar-refractivity contribution in [3.05, 3.63) is 105 Å². The Labute approximate surface area is 204 Å². The molecule has 0 spiro atoms. The molecule has 34 heavy (non-hydrogen) atoms. The number of halogens is 3. The molecule has 0 fully saturated rings. The van der Waals surface area contributed by atoms with Crippen molar-refractivity contribution >= 4 is 34.8 Å². The first-order valence-corrected chi connectivity index (χ1v) is 11.2. The SMILES string of the molecule is COc1ccc2c(c1)C1=C([C@H](c3ccc(F)cc3)n3ncnc3N1)[C@@H](c1ccc(Cl)cc1Cl)O2. The second kappa shape index (κ2) is 8.04. The van der Waals surface area contributed by atoms with Gasteiger partial charge in [0, 0.05) is 26.7 Å². The average molecular weight is 495 g/mol. The molecule has 0 saturated heterocycles. The van der Waals surface area contributed by atoms with E-state index in [1.807, 2.05) is 24.3 Å². The van der Waals surface area contributed by atoms with Crippen LogP contribution in [0.5, 0.6) is 11.5 Å². The predicted molar refractivity (Wildman–Crippen MR) is 128 cm³/mol. The van der Waals surface area contributed by atoms with Gasteiger partial charge < -0.3 is 14.8 Å². The minimum Gasteiger partial charge on any atom is -0.497 e. The molecule has 170 valence electrons. The lowest BCUT2D eigenvalue weighted by atomic mass is 9.84. The van der Waals surface area contributed by atoms with Gasteiger partial charge in [-0.3, -0.25) is 0 Å². The summed E-state index contributed by atoms with van der Waals surface area (Å²) >= 11 is 12.8. The molecule has 6 nitrogen and oxygen atoms in total. The zero-order chi connectivity index (χ0) is 23.4. The van der Waals surface area contributed by atoms with E-state index in [1.165, 1.54) is 18.5 Å². The Morgan fingerprint density at radius 1 is 1.06 bits per heavy atom. The van der Waals surface area contributed by atoms with E-state index in [-0.39, 0.29) is 5.82 Å². The summed E-state index contributed by atoms with van der Waals surface area (Å²) in [5.41, 5.74) is 4.06. The van der Waals surface area contributed by atoms with Gasteiger partial charge in [0.25, 0.3) is 0 Å². The fourth-order valence-electron chi connectivity index (χ4n) is 4.51. The van der Waals surface area contributed by atoms with E-state index in [2.05, 4.69) is 15.4 Å². The van der Waals surface area contributed by atoms with Crippen LogP contribution in [0.2, 0.25) is 10.0 Å². The fraction of sp³-hybridized carbons (Fsp3) is 0.120. The molecule has 2 aliphatic heterocycles. The van der Waals surface area contributed by atoms with Gasteiger partial charge in [-0.2, -0.15) is 10.1 Å². The first kappa shape index (κ1) is 21.0. The third kappa shape index (κ3) is 3.31. The highest BCUT2D eigenvalue weighted by molar-refractivity contribution is 6.35. The zero-order valence-corrected chi connectivity index (χ0v) is 19.3. The van der Waals surface area contributed by atoms with E-state index in [0.717, 1.165) is 28.0 Å². The van der Waals surface area contributed by atoms with Crippen molar-refractivity contribution in [2.24, 2.45) is 0 Å². The molecule has 3 aromatic carbocycles. The summed E-state index contributed by atoms with van der Waals surface area (Å²) in [7, 11) is 1.61. The predicted octanol–water partition coefficient (Wildman–Crippen LogP) is 6.29. The minimum absolute atomic E-state index is 0.321. The van der Waals surface area contributed by atoms with Gasteiger partial charge in [-0.1, -0.05) is 41.4 Å². The summed E-state index contributed by atoms with van der Waals surface area (Å²) in [5.74, 6) is 1.58. The second-order valence-electron chi connectivity index (χ2n) is 7.96. The summed E-state index contributed by atoms with van der Waals surface area (Å²) < 4.78 is 27.6. The van der Waals surface area contributed by atoms with E-state index >= 15 is 0 Å². The number of nitrogens with one attached hydrogen (secondary N) is 1. The Bertz CT molecular complexity index is 1450. The van der Waals surface area contributed by atoms with Crippen molar-refractivity contribution in [1.82, 2.24) is 14.8 Å². The molecule has 0 amide bonds. The highest BCUT2D eigenvalue weighted by Crippen LogP contribution is 2.52. The lowest BCUT2D eigenvalue weighted by molar-refractivity contribution is 0.223. The van der Waals surface area contributed by atoms with Gasteiger partial charge in [0.05, 0.1) is 12.8 Å². The molecule has 0 radical (unpaired) electrons. The zero-order valence-electron chi connectivity index (χ0n) is 17.8. The van der Waals surface area contributed by atoms with Crippen LogP contribution in [-0.2, 0) is 0 Å². The lowest BCUT2D eigenvalue weighted by Gasteiger charge is -2.39. The van der Waals surface area contributed by atoms with Crippen molar-refractivity contribution in [1.29, 1.82) is 0 Å². The molecule has 0 unspecified atom stereocenters. The van der Waals surface area contributed by atoms with Gasteiger partial charge in [0.15, 0.2) is 6.10 Å². The number of rotatable bonds is 3. The number of nitrogens with zero attached hydrogens (tertiary/aromatic N) is 3. The third-order valence-electron chi connectivity index (χ3n) is 6.05. The van der Waals surface area contributed by atoms with Crippen LogP contribution in [0.15, 0.2) is 72.6 Å². The first-order chi connectivity index (χ1) is 16.5. The van der Waals surface area contributed by atoms with Crippen LogP contribution in [-0.4, -0.2) is 21.9 Å². The number of anilines is 1. The van der Waals surface area contributed by atoms with E-state index in [4.69, 9.17) is 32.7 Å². The molecule has 6 rings (SSSR count). The maximum atomic E-state index is 13.8. The van der Waals surface area contributed by atoms with Crippen LogP contribution in [0.25, 0.3) is 5.70 Å². The van der Waals surface area contributed by atoms with Crippen LogP contribution in [0, 0.1) is 5.82 Å². The Morgan fingerprint density at radius 3 is 2.65 bits per heavy atom. The van der Waals surface area contributed by atoms with Gasteiger partial charge in [-0.25, -0.2) is 9.07 Å². The Kier molecular flexibility index (Phi) is 4.97. The van der Waals surface area contributed by atoms with Crippen molar-refractivity contribution in [2.75, 3.05) is 12.4 Å². The number of aromatic nitrogens is 3. The van der Waals surface area contributed by atoms with Crippen molar-refractivity contribution in [3.8, 4) is 11.5 Å². The van der Waals surface area contributed by atoms with Gasteiger partial charge in [-0.15, -0.1) is 0 Å². The summed E-state index contributed by atoms with van der Waals surface area (Å²) in [5, 5.41) is 8.88. The topological polar surface area (TPSA) is 61.2 Å². The normalized spacial score (nSPS) is 18.4. The molecule has 2 aliphatic rings. The summed E-state index contributed by atoms with van der Waals surface area (Å²) in [6.45, 7) is 0. The average Bonchev–Trinajstić information content (AvgIpc) is 3.31. The Hall–Kier alpha value is -3.55. The van der Waals surface area contributed by atoms with Crippen molar-refractivity contribution < 1.29 is 13.9 Å². The first-order valence-electron chi connectivity index (χ1n) is 10.5. The van der Waals surface area contributed by atoms with Crippen molar-refractivity contribution in [2.45, 2.75) is 12.1 Å². The van der Waals surface area contributed by atoms with Gasteiger partial charge >= 0.3 is 0 Å². The Balaban J connectivity index is 1.64. The summed E-state index contributed by atoms with van der Waals surface area (Å²) in [4.78, 5) is 4.40. The minimum atomic E-state index is -0.569. The van der Waals surface area contributed by atoms with Crippen LogP contribution in [0.4, 0.5) is 10.3 Å². The maximum absolute atomic E-state index is 13.8. The Morgan fingerprint density at radius 2 is 1.88 bits per heavy atom. The quantitative estimate of drug-likeness (QED) is 0.362. The standard InChI is InChI=1S/C25H17Cl2FN4O2/c1-33-16-7-9-20-18(11-16)22-21(24(34-20)17-8-4-14(26)10-19(17)27)23(13-2-5-15(28)6-3-13)32-25(31-22)29-12-30-32/h2-12,23-24H,1H3,(H,29,30,31)/t23-,24+/m0/s1. The van der Waals surface area contributed by atoms with Gasteiger partial charge in [-0.05, 0) is 48.0 Å². The molecule has 0 bridgehead atoms. The number of ether oxygens (including phenoxy) is 2. The molecule has 0 saturated carbocycles. The fourth-order valence-corrected chi connectivity index (χ4v) is 5.02. The van der Waals surface area contributed by atoms with Crippen LogP contribution in [0.3, 0.4) is 0 Å². The highest BCUT2D eigenvalue weighted by Gasteiger charge is 2.41. The van der Waals surface area contributed by atoms with Gasteiger partial charge in [0.1, 0.15) is 29.7 Å². The summed E-state index contributed by atoms with van der Waals surface area (Å²) in [6, 6.07) is 16.8. The lowest BCUT2D eigenvalue weighted by Crippen LogP contribution is -2.32. The van der Waals surface area contributed by atoms with Crippen molar-refractivity contribution in [3.63, 3.8) is 0 Å².